The van der Waals surface area contributed by atoms with Gasteiger partial charge in [-0.05, 0) is 37.3 Å². The minimum absolute atomic E-state index is 0.0316. The van der Waals surface area contributed by atoms with Gasteiger partial charge in [-0.3, -0.25) is 4.79 Å². The van der Waals surface area contributed by atoms with Crippen LogP contribution in [0.5, 0.6) is 0 Å². The standard InChI is InChI=1S/C15H22N2O/c1-12(16-11-15(2)9-6-10-15)14(18)17-13-7-4-3-5-8-13/h3-5,7-8,12,16H,6,9-11H2,1-2H3,(H,17,18). The fraction of sp³-hybridized carbons (Fsp3) is 0.533. The maximum atomic E-state index is 12.0. The van der Waals surface area contributed by atoms with E-state index in [0.29, 0.717) is 5.41 Å². The number of carbonyl (C=O) groups excluding carboxylic acids is 1. The van der Waals surface area contributed by atoms with Crippen molar-refractivity contribution in [1.82, 2.24) is 5.32 Å². The molecule has 3 heteroatoms. The number of benzene rings is 1. The summed E-state index contributed by atoms with van der Waals surface area (Å²) in [5.41, 5.74) is 1.26. The van der Waals surface area contributed by atoms with Crippen molar-refractivity contribution in [1.29, 1.82) is 0 Å². The van der Waals surface area contributed by atoms with Crippen molar-refractivity contribution in [2.24, 2.45) is 5.41 Å². The van der Waals surface area contributed by atoms with Gasteiger partial charge in [-0.15, -0.1) is 0 Å². The summed E-state index contributed by atoms with van der Waals surface area (Å²) in [6.07, 6.45) is 3.86. The highest BCUT2D eigenvalue weighted by Crippen LogP contribution is 2.39. The molecule has 3 nitrogen and oxygen atoms in total. The Morgan fingerprint density at radius 1 is 1.33 bits per heavy atom. The Hall–Kier alpha value is -1.35. The molecule has 1 fully saturated rings. The molecule has 0 bridgehead atoms. The summed E-state index contributed by atoms with van der Waals surface area (Å²) in [6, 6.07) is 9.43. The second-order valence-corrected chi connectivity index (χ2v) is 5.62. The number of hydrogen-bond acceptors (Lipinski definition) is 2. The van der Waals surface area contributed by atoms with Crippen LogP contribution in [0.25, 0.3) is 0 Å². The van der Waals surface area contributed by atoms with E-state index in [2.05, 4.69) is 17.6 Å². The molecule has 2 N–H and O–H groups in total. The Balaban J connectivity index is 1.78. The Morgan fingerprint density at radius 3 is 2.56 bits per heavy atom. The zero-order chi connectivity index (χ0) is 13.0. The molecule has 1 aliphatic rings. The van der Waals surface area contributed by atoms with E-state index in [1.807, 2.05) is 37.3 Å². The van der Waals surface area contributed by atoms with Crippen molar-refractivity contribution in [3.05, 3.63) is 30.3 Å². The summed E-state index contributed by atoms with van der Waals surface area (Å²) in [6.45, 7) is 5.13. The van der Waals surface area contributed by atoms with Crippen LogP contribution in [0.3, 0.4) is 0 Å². The monoisotopic (exact) mass is 246 g/mol. The number of nitrogens with one attached hydrogen (secondary N) is 2. The summed E-state index contributed by atoms with van der Waals surface area (Å²) < 4.78 is 0. The Morgan fingerprint density at radius 2 is 2.00 bits per heavy atom. The van der Waals surface area contributed by atoms with Crippen LogP contribution in [-0.2, 0) is 4.79 Å². The first kappa shape index (κ1) is 13.1. The molecule has 1 atom stereocenters. The van der Waals surface area contributed by atoms with Gasteiger partial charge in [0.1, 0.15) is 0 Å². The predicted octanol–water partition coefficient (Wildman–Crippen LogP) is 2.79. The highest BCUT2D eigenvalue weighted by Gasteiger charge is 2.32. The molecule has 1 saturated carbocycles. The largest absolute Gasteiger partial charge is 0.325 e. The molecule has 0 aromatic heterocycles. The van der Waals surface area contributed by atoms with Gasteiger partial charge in [0.05, 0.1) is 6.04 Å². The summed E-state index contributed by atoms with van der Waals surface area (Å²) in [5.74, 6) is 0.0316. The van der Waals surface area contributed by atoms with Crippen LogP contribution >= 0.6 is 0 Å². The van der Waals surface area contributed by atoms with Gasteiger partial charge in [0.2, 0.25) is 5.91 Å². The molecule has 0 heterocycles. The highest BCUT2D eigenvalue weighted by molar-refractivity contribution is 5.94. The van der Waals surface area contributed by atoms with E-state index in [9.17, 15) is 4.79 Å². The summed E-state index contributed by atoms with van der Waals surface area (Å²) in [7, 11) is 0. The van der Waals surface area contributed by atoms with Gasteiger partial charge >= 0.3 is 0 Å². The lowest BCUT2D eigenvalue weighted by molar-refractivity contribution is -0.117. The fourth-order valence-corrected chi connectivity index (χ4v) is 2.22. The maximum Gasteiger partial charge on any atom is 0.241 e. The summed E-state index contributed by atoms with van der Waals surface area (Å²) in [4.78, 5) is 12.0. The molecular formula is C15H22N2O. The van der Waals surface area contributed by atoms with Gasteiger partial charge in [-0.1, -0.05) is 31.5 Å². The van der Waals surface area contributed by atoms with Crippen LogP contribution in [0, 0.1) is 5.41 Å². The lowest BCUT2D eigenvalue weighted by Crippen LogP contribution is -2.45. The van der Waals surface area contributed by atoms with Crippen LogP contribution in [0.15, 0.2) is 30.3 Å². The third-order valence-corrected chi connectivity index (χ3v) is 3.83. The molecule has 0 radical (unpaired) electrons. The van der Waals surface area contributed by atoms with Crippen LogP contribution in [0.1, 0.15) is 33.1 Å². The zero-order valence-electron chi connectivity index (χ0n) is 11.2. The fourth-order valence-electron chi connectivity index (χ4n) is 2.22. The van der Waals surface area contributed by atoms with Crippen LogP contribution < -0.4 is 10.6 Å². The molecule has 0 spiro atoms. The quantitative estimate of drug-likeness (QED) is 0.838. The molecule has 1 amide bonds. The predicted molar refractivity (Wildman–Crippen MR) is 74.5 cm³/mol. The van der Waals surface area contributed by atoms with Crippen molar-refractivity contribution < 1.29 is 4.79 Å². The van der Waals surface area contributed by atoms with E-state index in [1.54, 1.807) is 0 Å². The first-order valence-corrected chi connectivity index (χ1v) is 6.68. The van der Waals surface area contributed by atoms with Gasteiger partial charge in [0.15, 0.2) is 0 Å². The van der Waals surface area contributed by atoms with E-state index in [0.717, 1.165) is 12.2 Å². The molecule has 98 valence electrons. The maximum absolute atomic E-state index is 12.0. The van der Waals surface area contributed by atoms with Gasteiger partial charge in [0, 0.05) is 12.2 Å². The number of carbonyl (C=O) groups is 1. The van der Waals surface area contributed by atoms with Crippen molar-refractivity contribution in [3.63, 3.8) is 0 Å². The highest BCUT2D eigenvalue weighted by atomic mass is 16.2. The Kier molecular flexibility index (Phi) is 4.02. The lowest BCUT2D eigenvalue weighted by atomic mass is 9.70. The third-order valence-electron chi connectivity index (χ3n) is 3.83. The van der Waals surface area contributed by atoms with E-state index < -0.39 is 0 Å². The van der Waals surface area contributed by atoms with Gasteiger partial charge in [0.25, 0.3) is 0 Å². The molecule has 2 rings (SSSR count). The molecule has 0 saturated heterocycles. The van der Waals surface area contributed by atoms with Gasteiger partial charge < -0.3 is 10.6 Å². The molecule has 18 heavy (non-hydrogen) atoms. The van der Waals surface area contributed by atoms with Crippen LogP contribution in [0.4, 0.5) is 5.69 Å². The second-order valence-electron chi connectivity index (χ2n) is 5.62. The number of para-hydroxylation sites is 1. The van der Waals surface area contributed by atoms with Crippen molar-refractivity contribution in [2.45, 2.75) is 39.2 Å². The van der Waals surface area contributed by atoms with E-state index in [1.165, 1.54) is 19.3 Å². The minimum atomic E-state index is -0.150. The first-order valence-electron chi connectivity index (χ1n) is 6.68. The van der Waals surface area contributed by atoms with Crippen molar-refractivity contribution >= 4 is 11.6 Å². The van der Waals surface area contributed by atoms with E-state index in [-0.39, 0.29) is 11.9 Å². The smallest absolute Gasteiger partial charge is 0.241 e. The number of rotatable bonds is 5. The number of anilines is 1. The van der Waals surface area contributed by atoms with E-state index >= 15 is 0 Å². The molecule has 0 aliphatic heterocycles. The third kappa shape index (κ3) is 3.33. The Bertz CT molecular complexity index is 398. The Labute approximate surface area is 109 Å². The van der Waals surface area contributed by atoms with Crippen molar-refractivity contribution in [2.75, 3.05) is 11.9 Å². The number of hydrogen-bond donors (Lipinski definition) is 2. The summed E-state index contributed by atoms with van der Waals surface area (Å²) >= 11 is 0. The number of amides is 1. The molecular weight excluding hydrogens is 224 g/mol. The normalized spacial score (nSPS) is 18.8. The topological polar surface area (TPSA) is 41.1 Å². The van der Waals surface area contributed by atoms with Crippen LogP contribution in [-0.4, -0.2) is 18.5 Å². The molecule has 1 aliphatic carbocycles. The SMILES string of the molecule is CC(NCC1(C)CCC1)C(=O)Nc1ccccc1. The molecule has 1 aromatic rings. The molecule has 1 aromatic carbocycles. The van der Waals surface area contributed by atoms with Crippen molar-refractivity contribution in [3.8, 4) is 0 Å². The van der Waals surface area contributed by atoms with Gasteiger partial charge in [-0.2, -0.15) is 0 Å². The minimum Gasteiger partial charge on any atom is -0.325 e. The van der Waals surface area contributed by atoms with Gasteiger partial charge in [-0.25, -0.2) is 0 Å². The average Bonchev–Trinajstić information content (AvgIpc) is 2.34. The average molecular weight is 246 g/mol. The molecule has 1 unspecified atom stereocenters. The van der Waals surface area contributed by atoms with Crippen LogP contribution in [0.2, 0.25) is 0 Å². The summed E-state index contributed by atoms with van der Waals surface area (Å²) in [5, 5.41) is 6.25. The first-order chi connectivity index (χ1) is 8.59. The lowest BCUT2D eigenvalue weighted by Gasteiger charge is -2.39. The zero-order valence-corrected chi connectivity index (χ0v) is 11.2. The second kappa shape index (κ2) is 5.53. The van der Waals surface area contributed by atoms with E-state index in [4.69, 9.17) is 0 Å².